The molecule has 4 nitrogen and oxygen atoms in total. The summed E-state index contributed by atoms with van der Waals surface area (Å²) >= 11 is 1.74. The summed E-state index contributed by atoms with van der Waals surface area (Å²) < 4.78 is 12.9. The van der Waals surface area contributed by atoms with E-state index in [0.29, 0.717) is 12.0 Å². The second-order valence-corrected chi connectivity index (χ2v) is 6.92. The Morgan fingerprint density at radius 1 is 1.12 bits per heavy atom. The minimum atomic E-state index is -1.04. The van der Waals surface area contributed by atoms with E-state index in [1.165, 1.54) is 29.1 Å². The van der Waals surface area contributed by atoms with Crippen molar-refractivity contribution in [3.05, 3.63) is 58.0 Å². The fourth-order valence-corrected chi connectivity index (χ4v) is 3.31. The van der Waals surface area contributed by atoms with Crippen LogP contribution in [0.15, 0.2) is 41.8 Å². The van der Waals surface area contributed by atoms with Crippen LogP contribution in [0.1, 0.15) is 42.0 Å². The smallest absolute Gasteiger partial charge is 0.312 e. The molecule has 2 N–H and O–H groups in total. The van der Waals surface area contributed by atoms with Gasteiger partial charge in [0.2, 0.25) is 5.91 Å². The van der Waals surface area contributed by atoms with E-state index in [0.717, 1.165) is 25.7 Å². The van der Waals surface area contributed by atoms with E-state index in [1.54, 1.807) is 11.3 Å². The summed E-state index contributed by atoms with van der Waals surface area (Å²) in [5.41, 5.74) is 0.477. The molecule has 134 valence electrons. The largest absolute Gasteiger partial charge is 0.481 e. The van der Waals surface area contributed by atoms with Crippen molar-refractivity contribution < 1.29 is 19.1 Å². The van der Waals surface area contributed by atoms with Gasteiger partial charge in [0.25, 0.3) is 0 Å². The summed E-state index contributed by atoms with van der Waals surface area (Å²) in [5, 5.41) is 14.0. The first kappa shape index (κ1) is 19.1. The van der Waals surface area contributed by atoms with Gasteiger partial charge in [-0.25, -0.2) is 4.39 Å². The maximum atomic E-state index is 12.9. The van der Waals surface area contributed by atoms with Gasteiger partial charge in [-0.3, -0.25) is 9.59 Å². The molecular weight excluding hydrogens is 341 g/mol. The fraction of sp³-hybridized carbons (Fsp3) is 0.368. The van der Waals surface area contributed by atoms with E-state index < -0.39 is 17.7 Å². The average molecular weight is 363 g/mol. The van der Waals surface area contributed by atoms with Gasteiger partial charge >= 0.3 is 5.97 Å². The van der Waals surface area contributed by atoms with Crippen LogP contribution in [0.25, 0.3) is 0 Å². The van der Waals surface area contributed by atoms with Crippen molar-refractivity contribution in [3.8, 4) is 0 Å². The highest BCUT2D eigenvalue weighted by atomic mass is 32.1. The molecule has 1 unspecified atom stereocenters. The molecule has 1 heterocycles. The molecule has 0 aliphatic carbocycles. The molecule has 0 aliphatic heterocycles. The van der Waals surface area contributed by atoms with Crippen LogP contribution in [-0.4, -0.2) is 23.5 Å². The van der Waals surface area contributed by atoms with E-state index in [4.69, 9.17) is 0 Å². The first-order chi connectivity index (χ1) is 12.1. The maximum Gasteiger partial charge on any atom is 0.312 e. The number of nitrogens with one attached hydrogen (secondary N) is 1. The van der Waals surface area contributed by atoms with Crippen LogP contribution in [0.4, 0.5) is 4.39 Å². The van der Waals surface area contributed by atoms with Gasteiger partial charge in [-0.05, 0) is 48.4 Å². The van der Waals surface area contributed by atoms with Crippen molar-refractivity contribution in [3.63, 3.8) is 0 Å². The predicted octanol–water partition coefficient (Wildman–Crippen LogP) is 3.97. The summed E-state index contributed by atoms with van der Waals surface area (Å²) in [6.07, 6.45) is 4.21. The quantitative estimate of drug-likeness (QED) is 0.628. The molecule has 1 amide bonds. The molecule has 0 spiro atoms. The summed E-state index contributed by atoms with van der Waals surface area (Å²) in [7, 11) is 0. The minimum Gasteiger partial charge on any atom is -0.481 e. The standard InChI is InChI=1S/C19H22FNO3S/c20-15-10-8-14(9-11-15)17(19(23)24)13-21-18(22)7-3-1-2-5-16-6-4-12-25-16/h4,6,8-12,17H,1-3,5,7,13H2,(H,21,22)(H,23,24). The van der Waals surface area contributed by atoms with Crippen molar-refractivity contribution in [2.75, 3.05) is 6.54 Å². The Bertz CT molecular complexity index is 670. The third-order valence-corrected chi connectivity index (χ3v) is 4.92. The molecular formula is C19H22FNO3S. The van der Waals surface area contributed by atoms with Gasteiger partial charge in [0.05, 0.1) is 5.92 Å². The highest BCUT2D eigenvalue weighted by Crippen LogP contribution is 2.16. The summed E-state index contributed by atoms with van der Waals surface area (Å²) in [6.45, 7) is 0.00892. The monoisotopic (exact) mass is 363 g/mol. The number of halogens is 1. The number of thiophene rings is 1. The van der Waals surface area contributed by atoms with Crippen molar-refractivity contribution in [1.82, 2.24) is 5.32 Å². The van der Waals surface area contributed by atoms with E-state index in [1.807, 2.05) is 6.07 Å². The predicted molar refractivity (Wildman–Crippen MR) is 96.3 cm³/mol. The lowest BCUT2D eigenvalue weighted by Gasteiger charge is -2.14. The molecule has 2 rings (SSSR count). The van der Waals surface area contributed by atoms with Gasteiger partial charge in [-0.2, -0.15) is 0 Å². The zero-order chi connectivity index (χ0) is 18.1. The second kappa shape index (κ2) is 9.93. The average Bonchev–Trinajstić information content (AvgIpc) is 3.09. The van der Waals surface area contributed by atoms with E-state index in [9.17, 15) is 19.1 Å². The molecule has 0 radical (unpaired) electrons. The van der Waals surface area contributed by atoms with Crippen molar-refractivity contribution in [2.45, 2.75) is 38.0 Å². The lowest BCUT2D eigenvalue weighted by molar-refractivity contribution is -0.138. The van der Waals surface area contributed by atoms with Crippen molar-refractivity contribution in [1.29, 1.82) is 0 Å². The number of carbonyl (C=O) groups is 2. The fourth-order valence-electron chi connectivity index (χ4n) is 2.56. The Balaban J connectivity index is 1.68. The first-order valence-corrected chi connectivity index (χ1v) is 9.21. The summed E-state index contributed by atoms with van der Waals surface area (Å²) in [4.78, 5) is 24.6. The van der Waals surface area contributed by atoms with Crippen LogP contribution in [0.3, 0.4) is 0 Å². The number of carboxylic acid groups (broad SMARTS) is 1. The van der Waals surface area contributed by atoms with Crippen LogP contribution >= 0.6 is 11.3 Å². The van der Waals surface area contributed by atoms with Crippen molar-refractivity contribution >= 4 is 23.2 Å². The van der Waals surface area contributed by atoms with Gasteiger partial charge < -0.3 is 10.4 Å². The molecule has 0 saturated carbocycles. The molecule has 1 aromatic carbocycles. The molecule has 1 aromatic heterocycles. The Kier molecular flexibility index (Phi) is 7.60. The lowest BCUT2D eigenvalue weighted by Crippen LogP contribution is -2.31. The zero-order valence-corrected chi connectivity index (χ0v) is 14.7. The third kappa shape index (κ3) is 6.66. The van der Waals surface area contributed by atoms with Gasteiger partial charge in [0.1, 0.15) is 5.82 Å². The maximum absolute atomic E-state index is 12.9. The van der Waals surface area contributed by atoms with Gasteiger partial charge in [0.15, 0.2) is 0 Å². The summed E-state index contributed by atoms with van der Waals surface area (Å²) in [5.74, 6) is -2.48. The topological polar surface area (TPSA) is 66.4 Å². The lowest BCUT2D eigenvalue weighted by atomic mass is 9.99. The number of benzene rings is 1. The third-order valence-electron chi connectivity index (χ3n) is 3.98. The van der Waals surface area contributed by atoms with E-state index in [-0.39, 0.29) is 12.5 Å². The normalized spacial score (nSPS) is 11.9. The van der Waals surface area contributed by atoms with Crippen LogP contribution in [0.2, 0.25) is 0 Å². The van der Waals surface area contributed by atoms with E-state index in [2.05, 4.69) is 16.8 Å². The van der Waals surface area contributed by atoms with Crippen LogP contribution in [-0.2, 0) is 16.0 Å². The number of rotatable bonds is 10. The molecule has 2 aromatic rings. The zero-order valence-electron chi connectivity index (χ0n) is 13.9. The number of aryl methyl sites for hydroxylation is 1. The van der Waals surface area contributed by atoms with Gasteiger partial charge in [0, 0.05) is 17.8 Å². The van der Waals surface area contributed by atoms with Crippen molar-refractivity contribution in [2.24, 2.45) is 0 Å². The van der Waals surface area contributed by atoms with Gasteiger partial charge in [-0.1, -0.05) is 24.6 Å². The van der Waals surface area contributed by atoms with Crippen LogP contribution in [0, 0.1) is 5.82 Å². The number of unbranched alkanes of at least 4 members (excludes halogenated alkanes) is 2. The number of hydrogen-bond donors (Lipinski definition) is 2. The molecule has 1 atom stereocenters. The Morgan fingerprint density at radius 2 is 1.88 bits per heavy atom. The Labute approximate surface area is 150 Å². The molecule has 25 heavy (non-hydrogen) atoms. The first-order valence-electron chi connectivity index (χ1n) is 8.33. The second-order valence-electron chi connectivity index (χ2n) is 5.89. The minimum absolute atomic E-state index is 0.00892. The molecule has 0 bridgehead atoms. The van der Waals surface area contributed by atoms with Crippen LogP contribution in [0.5, 0.6) is 0 Å². The number of aliphatic carboxylic acids is 1. The number of carbonyl (C=O) groups excluding carboxylic acids is 1. The Morgan fingerprint density at radius 3 is 2.52 bits per heavy atom. The van der Waals surface area contributed by atoms with E-state index >= 15 is 0 Å². The molecule has 0 saturated heterocycles. The van der Waals surface area contributed by atoms with Crippen LogP contribution < -0.4 is 5.32 Å². The highest BCUT2D eigenvalue weighted by molar-refractivity contribution is 7.09. The SMILES string of the molecule is O=C(CCCCCc1cccs1)NCC(C(=O)O)c1ccc(F)cc1. The molecule has 6 heteroatoms. The Hall–Kier alpha value is -2.21. The van der Waals surface area contributed by atoms with Gasteiger partial charge in [-0.15, -0.1) is 11.3 Å². The number of carboxylic acids is 1. The number of amides is 1. The summed E-state index contributed by atoms with van der Waals surface area (Å²) in [6, 6.07) is 9.46. The highest BCUT2D eigenvalue weighted by Gasteiger charge is 2.20. The molecule has 0 fully saturated rings. The molecule has 0 aliphatic rings. The number of hydrogen-bond acceptors (Lipinski definition) is 3.